The Labute approximate surface area is 271 Å². The maximum Gasteiger partial charge on any atom is 0.207 e. The van der Waals surface area contributed by atoms with E-state index < -0.39 is 12.2 Å². The second-order valence-electron chi connectivity index (χ2n) is 12.8. The molecular formula is C35H40O8S2. The first-order chi connectivity index (χ1) is 21.7. The van der Waals surface area contributed by atoms with E-state index in [2.05, 4.69) is 6.92 Å². The number of phenolic OH excluding ortho intramolecular Hbond substituents is 3. The predicted octanol–water partition coefficient (Wildman–Crippen LogP) is 7.30. The molecule has 0 radical (unpaired) electrons. The summed E-state index contributed by atoms with van der Waals surface area (Å²) in [5.41, 5.74) is 5.60. The molecule has 4 aliphatic rings. The number of aromatic hydroxyl groups is 3. The van der Waals surface area contributed by atoms with Gasteiger partial charge < -0.3 is 39.4 Å². The van der Waals surface area contributed by atoms with Crippen LogP contribution < -0.4 is 18.9 Å². The van der Waals surface area contributed by atoms with Gasteiger partial charge in [0.15, 0.2) is 17.6 Å². The number of methoxy groups -OCH3 is 3. The number of ether oxygens (including phenoxy) is 4. The maximum absolute atomic E-state index is 12.5. The number of benzene rings is 3. The van der Waals surface area contributed by atoms with E-state index in [0.29, 0.717) is 23.3 Å². The summed E-state index contributed by atoms with van der Waals surface area (Å²) in [6.45, 7) is 2.38. The standard InChI is InChI=1S/C35H40O8S2/c1-16-9-10-44-45-27-8-5-17(16)11-18-12-22-28(20-7-6-19(36)13-21(18)20)24(40-2)15-25-29(22)30(27)33(39)34(43-25)23-14-26(41-3)32(38)35(42-4)31(23)37/h6-7,13-18,27,30,33-34,36-39H,5,8-12H2,1-4H3. The van der Waals surface area contributed by atoms with Gasteiger partial charge in [-0.3, -0.25) is 0 Å². The lowest BCUT2D eigenvalue weighted by Gasteiger charge is -2.45. The molecule has 1 fully saturated rings. The minimum Gasteiger partial charge on any atom is -0.508 e. The van der Waals surface area contributed by atoms with Gasteiger partial charge in [0.05, 0.1) is 21.3 Å². The lowest BCUT2D eigenvalue weighted by atomic mass is 9.67. The maximum atomic E-state index is 12.5. The first-order valence-corrected chi connectivity index (χ1v) is 18.0. The van der Waals surface area contributed by atoms with Gasteiger partial charge in [0.2, 0.25) is 11.5 Å². The van der Waals surface area contributed by atoms with Crippen LogP contribution in [-0.4, -0.2) is 58.9 Å². The van der Waals surface area contributed by atoms with Crippen molar-refractivity contribution < 1.29 is 39.4 Å². The summed E-state index contributed by atoms with van der Waals surface area (Å²) in [4.78, 5) is 0. The molecule has 0 amide bonds. The normalized spacial score (nSPS) is 28.5. The summed E-state index contributed by atoms with van der Waals surface area (Å²) in [6, 6.07) is 9.09. The van der Waals surface area contributed by atoms with Gasteiger partial charge in [0.1, 0.15) is 23.4 Å². The molecule has 1 saturated heterocycles. The van der Waals surface area contributed by atoms with E-state index in [1.807, 2.05) is 39.8 Å². The van der Waals surface area contributed by atoms with Gasteiger partial charge in [-0.1, -0.05) is 34.6 Å². The smallest absolute Gasteiger partial charge is 0.207 e. The van der Waals surface area contributed by atoms with E-state index in [0.717, 1.165) is 65.7 Å². The first kappa shape index (κ1) is 30.6. The zero-order chi connectivity index (χ0) is 31.6. The summed E-state index contributed by atoms with van der Waals surface area (Å²) in [7, 11) is 8.18. The Morgan fingerprint density at radius 3 is 2.44 bits per heavy atom. The molecule has 0 saturated carbocycles. The molecule has 2 aliphatic carbocycles. The molecular weight excluding hydrogens is 613 g/mol. The summed E-state index contributed by atoms with van der Waals surface area (Å²) in [5.74, 6) is 2.89. The lowest BCUT2D eigenvalue weighted by molar-refractivity contribution is -0.00373. The van der Waals surface area contributed by atoms with E-state index in [-0.39, 0.29) is 51.4 Å². The zero-order valence-electron chi connectivity index (χ0n) is 25.9. The average molecular weight is 653 g/mol. The molecule has 7 rings (SSSR count). The van der Waals surface area contributed by atoms with Crippen molar-refractivity contribution in [2.24, 2.45) is 11.8 Å². The van der Waals surface area contributed by atoms with Crippen molar-refractivity contribution in [1.82, 2.24) is 0 Å². The van der Waals surface area contributed by atoms with Gasteiger partial charge >= 0.3 is 0 Å². The van der Waals surface area contributed by atoms with Crippen LogP contribution in [-0.2, 0) is 6.42 Å². The molecule has 0 aromatic heterocycles. The minimum absolute atomic E-state index is 0.0845. The molecule has 7 atom stereocenters. The van der Waals surface area contributed by atoms with Gasteiger partial charge in [0, 0.05) is 39.7 Å². The largest absolute Gasteiger partial charge is 0.508 e. The van der Waals surface area contributed by atoms with Crippen LogP contribution >= 0.6 is 21.6 Å². The quantitative estimate of drug-likeness (QED) is 0.214. The Morgan fingerprint density at radius 2 is 1.69 bits per heavy atom. The zero-order valence-corrected chi connectivity index (χ0v) is 27.5. The number of aliphatic hydroxyl groups is 1. The number of rotatable bonds is 4. The molecule has 45 heavy (non-hydrogen) atoms. The molecule has 4 bridgehead atoms. The third-order valence-corrected chi connectivity index (χ3v) is 13.5. The Hall–Kier alpha value is -3.08. The van der Waals surface area contributed by atoms with Crippen molar-refractivity contribution in [1.29, 1.82) is 0 Å². The number of fused-ring (bicyclic) bond motifs is 8. The molecule has 7 unspecified atom stereocenters. The molecule has 240 valence electrons. The van der Waals surface area contributed by atoms with Crippen molar-refractivity contribution in [3.8, 4) is 51.4 Å². The first-order valence-electron chi connectivity index (χ1n) is 15.6. The summed E-state index contributed by atoms with van der Waals surface area (Å²) in [6.07, 6.45) is 2.90. The number of phenols is 3. The van der Waals surface area contributed by atoms with Crippen molar-refractivity contribution in [3.63, 3.8) is 0 Å². The molecule has 3 aromatic carbocycles. The number of hydrogen-bond donors (Lipinski definition) is 4. The highest BCUT2D eigenvalue weighted by Crippen LogP contribution is 2.60. The van der Waals surface area contributed by atoms with Gasteiger partial charge in [-0.2, -0.15) is 0 Å². The topological polar surface area (TPSA) is 118 Å². The molecule has 2 aliphatic heterocycles. The SMILES string of the molecule is COc1cc(C2Oc3cc(OC)c4c5c3C(C3CCC(CC(C5)c5cc(O)ccc5-4)C(C)CCSS3)C2O)c(O)c(OC)c1O. The Morgan fingerprint density at radius 1 is 0.889 bits per heavy atom. The Balaban J connectivity index is 1.49. The Bertz CT molecular complexity index is 1630. The van der Waals surface area contributed by atoms with Crippen LogP contribution in [0.25, 0.3) is 11.1 Å². The monoisotopic (exact) mass is 652 g/mol. The van der Waals surface area contributed by atoms with Crippen LogP contribution in [0.1, 0.15) is 72.8 Å². The summed E-state index contributed by atoms with van der Waals surface area (Å²) < 4.78 is 23.5. The van der Waals surface area contributed by atoms with E-state index in [9.17, 15) is 20.4 Å². The molecule has 0 spiro atoms. The van der Waals surface area contributed by atoms with Crippen LogP contribution in [0, 0.1) is 11.8 Å². The molecule has 10 heteroatoms. The fourth-order valence-electron chi connectivity index (χ4n) is 8.20. The average Bonchev–Trinajstić information content (AvgIpc) is 3.12. The van der Waals surface area contributed by atoms with Crippen LogP contribution in [0.5, 0.6) is 40.2 Å². The summed E-state index contributed by atoms with van der Waals surface area (Å²) in [5, 5.41) is 45.1. The van der Waals surface area contributed by atoms with Crippen LogP contribution in [0.15, 0.2) is 30.3 Å². The number of hydrogen-bond acceptors (Lipinski definition) is 10. The molecule has 3 aromatic rings. The van der Waals surface area contributed by atoms with E-state index in [4.69, 9.17) is 18.9 Å². The van der Waals surface area contributed by atoms with Crippen molar-refractivity contribution >= 4 is 21.6 Å². The third kappa shape index (κ3) is 4.95. The third-order valence-electron chi connectivity index (χ3n) is 10.5. The summed E-state index contributed by atoms with van der Waals surface area (Å²) >= 11 is 0. The van der Waals surface area contributed by atoms with Gasteiger partial charge in [0.25, 0.3) is 0 Å². The fraction of sp³-hybridized carbons (Fsp3) is 0.486. The highest BCUT2D eigenvalue weighted by atomic mass is 33.1. The van der Waals surface area contributed by atoms with Crippen LogP contribution in [0.2, 0.25) is 0 Å². The molecule has 2 heterocycles. The second-order valence-corrected chi connectivity index (χ2v) is 15.5. The fourth-order valence-corrected chi connectivity index (χ4v) is 11.3. The predicted molar refractivity (Wildman–Crippen MR) is 176 cm³/mol. The van der Waals surface area contributed by atoms with Crippen molar-refractivity contribution in [2.75, 3.05) is 27.1 Å². The second kappa shape index (κ2) is 11.9. The highest BCUT2D eigenvalue weighted by molar-refractivity contribution is 8.76. The van der Waals surface area contributed by atoms with Crippen LogP contribution in [0.4, 0.5) is 0 Å². The van der Waals surface area contributed by atoms with Crippen molar-refractivity contribution in [3.05, 3.63) is 52.6 Å². The van der Waals surface area contributed by atoms with Gasteiger partial charge in [-0.05, 0) is 84.7 Å². The molecule has 8 nitrogen and oxygen atoms in total. The van der Waals surface area contributed by atoms with Crippen LogP contribution in [0.3, 0.4) is 0 Å². The lowest BCUT2D eigenvalue weighted by Crippen LogP contribution is -2.41. The number of aliphatic hydroxyl groups excluding tert-OH is 1. The minimum atomic E-state index is -1.02. The Kier molecular flexibility index (Phi) is 8.11. The highest BCUT2D eigenvalue weighted by Gasteiger charge is 2.48. The van der Waals surface area contributed by atoms with Crippen molar-refractivity contribution in [2.45, 2.75) is 68.3 Å². The van der Waals surface area contributed by atoms with Gasteiger partial charge in [-0.15, -0.1) is 0 Å². The van der Waals surface area contributed by atoms with E-state index in [1.165, 1.54) is 20.3 Å². The van der Waals surface area contributed by atoms with E-state index in [1.54, 1.807) is 13.2 Å². The molecule has 4 N–H and O–H groups in total. The van der Waals surface area contributed by atoms with E-state index >= 15 is 0 Å². The van der Waals surface area contributed by atoms with Gasteiger partial charge in [-0.25, -0.2) is 0 Å².